The molecule has 0 aromatic carbocycles. The van der Waals surface area contributed by atoms with Crippen LogP contribution in [0.2, 0.25) is 0 Å². The Balaban J connectivity index is 1.57. The third kappa shape index (κ3) is 4.02. The lowest BCUT2D eigenvalue weighted by Gasteiger charge is -2.36. The number of likely N-dealkylation sites (N-methyl/N-ethyl adjacent to an activating group) is 1. The van der Waals surface area contributed by atoms with Crippen molar-refractivity contribution in [3.63, 3.8) is 0 Å². The number of carbonyl (C=O) groups excluding carboxylic acids is 3. The van der Waals surface area contributed by atoms with Crippen LogP contribution in [-0.4, -0.2) is 79.6 Å². The van der Waals surface area contributed by atoms with Crippen LogP contribution in [0.4, 0.5) is 10.5 Å². The summed E-state index contributed by atoms with van der Waals surface area (Å²) in [4.78, 5) is 42.7. The number of piperidine rings is 1. The molecule has 11 heteroatoms. The number of nitrogens with one attached hydrogen (secondary N) is 1. The molecule has 2 saturated heterocycles. The molecule has 0 unspecified atom stereocenters. The topological polar surface area (TPSA) is 126 Å². The van der Waals surface area contributed by atoms with Gasteiger partial charge in [0.25, 0.3) is 0 Å². The quantitative estimate of drug-likeness (QED) is 0.690. The number of rotatable bonds is 2. The van der Waals surface area contributed by atoms with Crippen LogP contribution in [0.5, 0.6) is 0 Å². The van der Waals surface area contributed by atoms with Gasteiger partial charge >= 0.3 is 17.9 Å². The summed E-state index contributed by atoms with van der Waals surface area (Å²) in [6, 6.07) is 2.62. The van der Waals surface area contributed by atoms with E-state index in [1.165, 1.54) is 28.1 Å². The predicted octanol–water partition coefficient (Wildman–Crippen LogP) is -0.133. The summed E-state index contributed by atoms with van der Waals surface area (Å²) in [6.45, 7) is 1.08. The molecule has 146 valence electrons. The lowest BCUT2D eigenvalue weighted by atomic mass is 9.91. The molecule has 3 amide bonds. The van der Waals surface area contributed by atoms with Gasteiger partial charge in [0.2, 0.25) is 0 Å². The van der Waals surface area contributed by atoms with Gasteiger partial charge in [-0.1, -0.05) is 0 Å². The third-order valence-corrected chi connectivity index (χ3v) is 5.67. The van der Waals surface area contributed by atoms with E-state index in [1.54, 1.807) is 7.05 Å². The van der Waals surface area contributed by atoms with E-state index in [0.717, 1.165) is 6.26 Å². The smallest absolute Gasteiger partial charge is 0.410 e. The van der Waals surface area contributed by atoms with Crippen molar-refractivity contribution in [1.82, 2.24) is 14.8 Å². The van der Waals surface area contributed by atoms with Gasteiger partial charge in [-0.15, -0.1) is 0 Å². The normalized spacial score (nSPS) is 19.1. The van der Waals surface area contributed by atoms with Gasteiger partial charge in [-0.05, 0) is 12.1 Å². The minimum absolute atomic E-state index is 0.121. The van der Waals surface area contributed by atoms with E-state index in [-0.39, 0.29) is 16.8 Å². The Labute approximate surface area is 156 Å². The molecule has 2 aliphatic rings. The lowest BCUT2D eigenvalue weighted by molar-refractivity contribution is -0.145. The summed E-state index contributed by atoms with van der Waals surface area (Å²) in [5, 5.41) is 2.29. The molecule has 1 spiro atoms. The highest BCUT2D eigenvalue weighted by Gasteiger charge is 2.46. The second-order valence-corrected chi connectivity index (χ2v) is 8.77. The summed E-state index contributed by atoms with van der Waals surface area (Å²) in [5.74, 6) is -1.53. The Morgan fingerprint density at radius 2 is 1.93 bits per heavy atom. The molecule has 0 bridgehead atoms. The minimum Gasteiger partial charge on any atom is -0.441 e. The second kappa shape index (κ2) is 6.80. The van der Waals surface area contributed by atoms with E-state index in [1.807, 2.05) is 0 Å². The zero-order valence-corrected chi connectivity index (χ0v) is 15.8. The molecule has 2 aliphatic heterocycles. The molecule has 2 fully saturated rings. The zero-order chi connectivity index (χ0) is 19.8. The number of amides is 3. The molecule has 10 nitrogen and oxygen atoms in total. The molecule has 1 aromatic rings. The Morgan fingerprint density at radius 1 is 1.26 bits per heavy atom. The highest BCUT2D eigenvalue weighted by molar-refractivity contribution is 7.90. The molecule has 27 heavy (non-hydrogen) atoms. The maximum atomic E-state index is 12.3. The fourth-order valence-corrected chi connectivity index (χ4v) is 3.73. The van der Waals surface area contributed by atoms with E-state index in [4.69, 9.17) is 4.74 Å². The van der Waals surface area contributed by atoms with Crippen molar-refractivity contribution in [2.75, 3.05) is 38.3 Å². The van der Waals surface area contributed by atoms with Crippen molar-refractivity contribution in [3.05, 3.63) is 18.3 Å². The molecule has 3 rings (SSSR count). The number of ether oxygens (including phenoxy) is 1. The molecular formula is C16H20N4O6S. The Kier molecular flexibility index (Phi) is 4.81. The average molecular weight is 396 g/mol. The molecule has 0 aliphatic carbocycles. The fraction of sp³-hybridized carbons (Fsp3) is 0.500. The summed E-state index contributed by atoms with van der Waals surface area (Å²) in [6.07, 6.45) is 2.76. The van der Waals surface area contributed by atoms with Gasteiger partial charge in [-0.2, -0.15) is 0 Å². The first kappa shape index (κ1) is 19.1. The number of pyridine rings is 1. The first-order valence-corrected chi connectivity index (χ1v) is 10.2. The van der Waals surface area contributed by atoms with Gasteiger partial charge in [-0.25, -0.2) is 18.2 Å². The number of anilines is 1. The van der Waals surface area contributed by atoms with Gasteiger partial charge in [0.05, 0.1) is 18.4 Å². The minimum atomic E-state index is -3.44. The summed E-state index contributed by atoms with van der Waals surface area (Å²) >= 11 is 0. The SMILES string of the molecule is CN1CC2(CCN(C(=O)C(=O)Nc3ccc(S(C)(=O)=O)nc3)CC2)OC1=O. The highest BCUT2D eigenvalue weighted by atomic mass is 32.2. The number of aromatic nitrogens is 1. The van der Waals surface area contributed by atoms with Crippen molar-refractivity contribution < 1.29 is 27.5 Å². The molecule has 3 heterocycles. The van der Waals surface area contributed by atoms with Crippen LogP contribution in [-0.2, 0) is 24.2 Å². The number of sulfone groups is 1. The van der Waals surface area contributed by atoms with E-state index >= 15 is 0 Å². The summed E-state index contributed by atoms with van der Waals surface area (Å²) in [7, 11) is -1.78. The van der Waals surface area contributed by atoms with Crippen molar-refractivity contribution >= 4 is 33.4 Å². The van der Waals surface area contributed by atoms with Crippen LogP contribution in [0.15, 0.2) is 23.4 Å². The van der Waals surface area contributed by atoms with Crippen LogP contribution in [0.3, 0.4) is 0 Å². The van der Waals surface area contributed by atoms with Gasteiger partial charge in [0, 0.05) is 39.2 Å². The van der Waals surface area contributed by atoms with Crippen molar-refractivity contribution in [1.29, 1.82) is 0 Å². The maximum absolute atomic E-state index is 12.3. The third-order valence-electron chi connectivity index (χ3n) is 4.67. The van der Waals surface area contributed by atoms with Crippen molar-refractivity contribution in [2.45, 2.75) is 23.5 Å². The fourth-order valence-electron chi connectivity index (χ4n) is 3.17. The van der Waals surface area contributed by atoms with E-state index in [0.29, 0.717) is 32.5 Å². The molecule has 0 atom stereocenters. The number of carbonyl (C=O) groups is 3. The van der Waals surface area contributed by atoms with E-state index < -0.39 is 27.3 Å². The highest BCUT2D eigenvalue weighted by Crippen LogP contribution is 2.32. The number of hydrogen-bond donors (Lipinski definition) is 1. The maximum Gasteiger partial charge on any atom is 0.410 e. The first-order valence-electron chi connectivity index (χ1n) is 8.30. The lowest BCUT2D eigenvalue weighted by Crippen LogP contribution is -2.51. The van der Waals surface area contributed by atoms with Crippen LogP contribution < -0.4 is 5.32 Å². The van der Waals surface area contributed by atoms with Gasteiger partial charge in [0.15, 0.2) is 14.9 Å². The van der Waals surface area contributed by atoms with Crippen molar-refractivity contribution in [2.24, 2.45) is 0 Å². The van der Waals surface area contributed by atoms with E-state index in [2.05, 4.69) is 10.3 Å². The monoisotopic (exact) mass is 396 g/mol. The van der Waals surface area contributed by atoms with Crippen LogP contribution in [0, 0.1) is 0 Å². The van der Waals surface area contributed by atoms with Crippen LogP contribution in [0.25, 0.3) is 0 Å². The Bertz CT molecular complexity index is 875. The molecule has 1 N–H and O–H groups in total. The van der Waals surface area contributed by atoms with Crippen LogP contribution >= 0.6 is 0 Å². The molecular weight excluding hydrogens is 376 g/mol. The van der Waals surface area contributed by atoms with Gasteiger partial charge < -0.3 is 19.9 Å². The molecule has 0 radical (unpaired) electrons. The second-order valence-electron chi connectivity index (χ2n) is 6.81. The van der Waals surface area contributed by atoms with Crippen molar-refractivity contribution in [3.8, 4) is 0 Å². The average Bonchev–Trinajstić information content (AvgIpc) is 2.88. The van der Waals surface area contributed by atoms with E-state index in [9.17, 15) is 22.8 Å². The summed E-state index contributed by atoms with van der Waals surface area (Å²) < 4.78 is 28.2. The zero-order valence-electron chi connectivity index (χ0n) is 15.0. The van der Waals surface area contributed by atoms with Crippen LogP contribution in [0.1, 0.15) is 12.8 Å². The number of likely N-dealkylation sites (tertiary alicyclic amines) is 1. The first-order chi connectivity index (χ1) is 12.6. The number of nitrogens with zero attached hydrogens (tertiary/aromatic N) is 3. The van der Waals surface area contributed by atoms with Gasteiger partial charge in [-0.3, -0.25) is 9.59 Å². The Morgan fingerprint density at radius 3 is 2.41 bits per heavy atom. The van der Waals surface area contributed by atoms with Gasteiger partial charge in [0.1, 0.15) is 5.60 Å². The molecule has 1 aromatic heterocycles. The predicted molar refractivity (Wildman–Crippen MR) is 93.6 cm³/mol. The largest absolute Gasteiger partial charge is 0.441 e. The summed E-state index contributed by atoms with van der Waals surface area (Å²) in [5.41, 5.74) is -0.370. The Hall–Kier alpha value is -2.69. The molecule has 0 saturated carbocycles. The number of hydrogen-bond acceptors (Lipinski definition) is 7. The standard InChI is InChI=1S/C16H20N4O6S/c1-19-10-16(26-15(19)23)5-7-20(8-6-16)14(22)13(21)18-11-3-4-12(17-9-11)27(2,24)25/h3-4,9H,5-8,10H2,1-2H3,(H,18,21).